The molecule has 17 heavy (non-hydrogen) atoms. The minimum Gasteiger partial charge on any atom is -0.338 e. The number of aromatic nitrogens is 2. The summed E-state index contributed by atoms with van der Waals surface area (Å²) in [6, 6.07) is 0.927. The average Bonchev–Trinajstić information content (AvgIpc) is 2.94. The molecular weight excluding hydrogens is 212 g/mol. The Kier molecular flexibility index (Phi) is 3.72. The normalized spacial score (nSPS) is 20.5. The number of hydrogen-bond donors (Lipinski definition) is 1. The topological polar surface area (TPSA) is 47.1 Å². The van der Waals surface area contributed by atoms with E-state index in [1.54, 1.807) is 0 Å². The maximum absolute atomic E-state index is 5.85. The molecule has 2 N–H and O–H groups in total. The van der Waals surface area contributed by atoms with Crippen LogP contribution in [0.4, 0.5) is 5.95 Å². The van der Waals surface area contributed by atoms with Crippen LogP contribution in [0.3, 0.4) is 0 Å². The van der Waals surface area contributed by atoms with Crippen LogP contribution in [0.15, 0.2) is 6.20 Å². The van der Waals surface area contributed by atoms with E-state index in [2.05, 4.69) is 36.4 Å². The van der Waals surface area contributed by atoms with Gasteiger partial charge in [-0.15, -0.1) is 0 Å². The summed E-state index contributed by atoms with van der Waals surface area (Å²) in [6.45, 7) is 8.39. The molecule has 1 aromatic heterocycles. The van der Waals surface area contributed by atoms with Crippen molar-refractivity contribution in [2.24, 2.45) is 5.73 Å². The molecule has 0 saturated carbocycles. The molecule has 1 aliphatic heterocycles. The molecule has 1 fully saturated rings. The van der Waals surface area contributed by atoms with Crippen LogP contribution in [0.1, 0.15) is 45.3 Å². The lowest BCUT2D eigenvalue weighted by Gasteiger charge is -2.26. The van der Waals surface area contributed by atoms with Gasteiger partial charge in [0.1, 0.15) is 0 Å². The van der Waals surface area contributed by atoms with Gasteiger partial charge in [-0.2, -0.15) is 0 Å². The first-order valence-electron chi connectivity index (χ1n) is 6.71. The summed E-state index contributed by atoms with van der Waals surface area (Å²) in [5.41, 5.74) is 7.03. The number of hydrogen-bond acceptors (Lipinski definition) is 3. The molecule has 2 heterocycles. The fraction of sp³-hybridized carbons (Fsp3) is 0.769. The van der Waals surface area contributed by atoms with Crippen molar-refractivity contribution in [1.82, 2.24) is 9.55 Å². The minimum absolute atomic E-state index is 0.455. The molecule has 0 bridgehead atoms. The second-order valence-corrected chi connectivity index (χ2v) is 5.11. The predicted molar refractivity (Wildman–Crippen MR) is 71.4 cm³/mol. The molecule has 0 aromatic carbocycles. The molecule has 1 unspecified atom stereocenters. The quantitative estimate of drug-likeness (QED) is 0.869. The lowest BCUT2D eigenvalue weighted by molar-refractivity contribution is 0.572. The third-order valence-corrected chi connectivity index (χ3v) is 3.59. The van der Waals surface area contributed by atoms with Crippen LogP contribution in [-0.4, -0.2) is 28.7 Å². The standard InChI is InChI=1S/C13H24N4/c1-4-11-9-17(10(2)3)13(15-11)16-7-5-6-12(16)8-14/h9-10,12H,4-8,14H2,1-3H3. The first-order chi connectivity index (χ1) is 8.17. The van der Waals surface area contributed by atoms with E-state index >= 15 is 0 Å². The van der Waals surface area contributed by atoms with Crippen molar-refractivity contribution in [3.63, 3.8) is 0 Å². The summed E-state index contributed by atoms with van der Waals surface area (Å²) in [5, 5.41) is 0. The van der Waals surface area contributed by atoms with Crippen LogP contribution in [0.5, 0.6) is 0 Å². The van der Waals surface area contributed by atoms with E-state index in [4.69, 9.17) is 10.7 Å². The number of anilines is 1. The van der Waals surface area contributed by atoms with E-state index in [9.17, 15) is 0 Å². The molecule has 4 nitrogen and oxygen atoms in total. The van der Waals surface area contributed by atoms with Crippen LogP contribution in [0, 0.1) is 0 Å². The van der Waals surface area contributed by atoms with Crippen LogP contribution < -0.4 is 10.6 Å². The third kappa shape index (κ3) is 2.32. The van der Waals surface area contributed by atoms with Gasteiger partial charge in [0.05, 0.1) is 5.69 Å². The fourth-order valence-corrected chi connectivity index (χ4v) is 2.54. The third-order valence-electron chi connectivity index (χ3n) is 3.59. The van der Waals surface area contributed by atoms with E-state index < -0.39 is 0 Å². The van der Waals surface area contributed by atoms with Crippen molar-refractivity contribution in [3.8, 4) is 0 Å². The predicted octanol–water partition coefficient (Wildman–Crippen LogP) is 1.95. The van der Waals surface area contributed by atoms with Crippen LogP contribution >= 0.6 is 0 Å². The zero-order valence-corrected chi connectivity index (χ0v) is 11.2. The van der Waals surface area contributed by atoms with Crippen molar-refractivity contribution in [2.75, 3.05) is 18.0 Å². The molecular formula is C13H24N4. The molecule has 1 atom stereocenters. The zero-order valence-electron chi connectivity index (χ0n) is 11.2. The van der Waals surface area contributed by atoms with E-state index in [1.807, 2.05) is 0 Å². The van der Waals surface area contributed by atoms with Crippen LogP contribution in [0.25, 0.3) is 0 Å². The van der Waals surface area contributed by atoms with Gasteiger partial charge >= 0.3 is 0 Å². The number of rotatable bonds is 4. The van der Waals surface area contributed by atoms with E-state index in [0.29, 0.717) is 12.1 Å². The summed E-state index contributed by atoms with van der Waals surface area (Å²) < 4.78 is 2.28. The molecule has 2 rings (SSSR count). The van der Waals surface area contributed by atoms with Gasteiger partial charge < -0.3 is 15.2 Å². The van der Waals surface area contributed by atoms with Crippen molar-refractivity contribution >= 4 is 5.95 Å². The molecule has 4 heteroatoms. The summed E-state index contributed by atoms with van der Waals surface area (Å²) in [7, 11) is 0. The second kappa shape index (κ2) is 5.08. The van der Waals surface area contributed by atoms with Gasteiger partial charge in [-0.25, -0.2) is 4.98 Å². The van der Waals surface area contributed by atoms with Gasteiger partial charge in [0, 0.05) is 31.4 Å². The van der Waals surface area contributed by atoms with Crippen molar-refractivity contribution in [1.29, 1.82) is 0 Å². The Labute approximate surface area is 104 Å². The molecule has 0 spiro atoms. The molecule has 0 radical (unpaired) electrons. The Morgan fingerprint density at radius 1 is 1.53 bits per heavy atom. The van der Waals surface area contributed by atoms with Crippen molar-refractivity contribution in [3.05, 3.63) is 11.9 Å². The fourth-order valence-electron chi connectivity index (χ4n) is 2.54. The molecule has 1 saturated heterocycles. The lowest BCUT2D eigenvalue weighted by atomic mass is 10.2. The maximum atomic E-state index is 5.85. The van der Waals surface area contributed by atoms with Crippen molar-refractivity contribution in [2.45, 2.75) is 52.1 Å². The minimum atomic E-state index is 0.455. The van der Waals surface area contributed by atoms with E-state index in [1.165, 1.54) is 18.5 Å². The summed E-state index contributed by atoms with van der Waals surface area (Å²) in [5.74, 6) is 1.12. The average molecular weight is 236 g/mol. The van der Waals surface area contributed by atoms with Crippen LogP contribution in [-0.2, 0) is 6.42 Å². The van der Waals surface area contributed by atoms with Gasteiger partial charge in [-0.1, -0.05) is 6.92 Å². The molecule has 0 amide bonds. The number of imidazole rings is 1. The molecule has 0 aliphatic carbocycles. The lowest BCUT2D eigenvalue weighted by Crippen LogP contribution is -2.37. The smallest absolute Gasteiger partial charge is 0.206 e. The summed E-state index contributed by atoms with van der Waals surface area (Å²) in [4.78, 5) is 7.15. The zero-order chi connectivity index (χ0) is 12.4. The SMILES string of the molecule is CCc1cn(C(C)C)c(N2CCCC2CN)n1. The number of aryl methyl sites for hydroxylation is 1. The van der Waals surface area contributed by atoms with Gasteiger partial charge in [0.2, 0.25) is 5.95 Å². The Balaban J connectivity index is 2.32. The van der Waals surface area contributed by atoms with Crippen molar-refractivity contribution < 1.29 is 0 Å². The highest BCUT2D eigenvalue weighted by atomic mass is 15.3. The number of nitrogens with zero attached hydrogens (tertiary/aromatic N) is 3. The molecule has 96 valence electrons. The Hall–Kier alpha value is -1.03. The highest BCUT2D eigenvalue weighted by Gasteiger charge is 2.27. The maximum Gasteiger partial charge on any atom is 0.206 e. The van der Waals surface area contributed by atoms with Gasteiger partial charge in [-0.05, 0) is 33.1 Å². The van der Waals surface area contributed by atoms with E-state index in [-0.39, 0.29) is 0 Å². The monoisotopic (exact) mass is 236 g/mol. The Morgan fingerprint density at radius 2 is 2.29 bits per heavy atom. The first-order valence-corrected chi connectivity index (χ1v) is 6.71. The summed E-state index contributed by atoms with van der Waals surface area (Å²) >= 11 is 0. The molecule has 1 aliphatic rings. The second-order valence-electron chi connectivity index (χ2n) is 5.11. The van der Waals surface area contributed by atoms with Gasteiger partial charge in [0.25, 0.3) is 0 Å². The number of nitrogens with two attached hydrogens (primary N) is 1. The largest absolute Gasteiger partial charge is 0.338 e. The first kappa shape index (κ1) is 12.4. The van der Waals surface area contributed by atoms with E-state index in [0.717, 1.165) is 25.5 Å². The highest BCUT2D eigenvalue weighted by Crippen LogP contribution is 2.27. The Morgan fingerprint density at radius 3 is 2.88 bits per heavy atom. The van der Waals surface area contributed by atoms with Gasteiger partial charge in [0.15, 0.2) is 0 Å². The summed E-state index contributed by atoms with van der Waals surface area (Å²) in [6.07, 6.45) is 5.61. The molecule has 1 aromatic rings. The highest BCUT2D eigenvalue weighted by molar-refractivity contribution is 5.37. The van der Waals surface area contributed by atoms with Crippen LogP contribution in [0.2, 0.25) is 0 Å². The Bertz CT molecular complexity index is 369. The van der Waals surface area contributed by atoms with Gasteiger partial charge in [-0.3, -0.25) is 0 Å².